The number of hydrogen-bond acceptors (Lipinski definition) is 2. The fourth-order valence-corrected chi connectivity index (χ4v) is 1.26. The van der Waals surface area contributed by atoms with Gasteiger partial charge in [0.2, 0.25) is 0 Å². The van der Waals surface area contributed by atoms with Crippen molar-refractivity contribution in [3.05, 3.63) is 23.8 Å². The lowest BCUT2D eigenvalue weighted by atomic mass is 10.2. The predicted octanol–water partition coefficient (Wildman–Crippen LogP) is 2.82. The molecule has 0 fully saturated rings. The van der Waals surface area contributed by atoms with Gasteiger partial charge >= 0.3 is 0 Å². The Morgan fingerprint density at radius 2 is 2.00 bits per heavy atom. The molecular formula is C11H17NO. The number of benzene rings is 1. The van der Waals surface area contributed by atoms with Crippen molar-refractivity contribution in [2.75, 3.05) is 12.4 Å². The Balaban J connectivity index is 2.83. The van der Waals surface area contributed by atoms with E-state index in [0.29, 0.717) is 0 Å². The third-order valence-electron chi connectivity index (χ3n) is 1.84. The van der Waals surface area contributed by atoms with Crippen molar-refractivity contribution in [1.29, 1.82) is 0 Å². The molecule has 0 saturated carbocycles. The molecule has 0 unspecified atom stereocenters. The number of hydrogen-bond donors (Lipinski definition) is 1. The van der Waals surface area contributed by atoms with Crippen LogP contribution in [0.5, 0.6) is 5.75 Å². The van der Waals surface area contributed by atoms with E-state index in [2.05, 4.69) is 12.2 Å². The summed E-state index contributed by atoms with van der Waals surface area (Å²) in [6.45, 7) is 6.13. The van der Waals surface area contributed by atoms with E-state index in [0.717, 1.165) is 11.4 Å². The van der Waals surface area contributed by atoms with E-state index in [1.54, 1.807) is 0 Å². The first-order valence-electron chi connectivity index (χ1n) is 4.58. The van der Waals surface area contributed by atoms with Crippen LogP contribution in [0, 0.1) is 6.92 Å². The SMILES string of the molecule is CNc1ccc(OC(C)C)cc1C. The monoisotopic (exact) mass is 179 g/mol. The van der Waals surface area contributed by atoms with Crippen LogP contribution in [0.25, 0.3) is 0 Å². The number of aryl methyl sites for hydroxylation is 1. The number of ether oxygens (including phenoxy) is 1. The van der Waals surface area contributed by atoms with Gasteiger partial charge in [0.25, 0.3) is 0 Å². The highest BCUT2D eigenvalue weighted by Crippen LogP contribution is 2.21. The summed E-state index contributed by atoms with van der Waals surface area (Å²) in [6.07, 6.45) is 0.236. The van der Waals surface area contributed by atoms with Gasteiger partial charge < -0.3 is 10.1 Å². The quantitative estimate of drug-likeness (QED) is 0.770. The molecule has 0 aliphatic heterocycles. The topological polar surface area (TPSA) is 21.3 Å². The van der Waals surface area contributed by atoms with Crippen molar-refractivity contribution in [2.24, 2.45) is 0 Å². The standard InChI is InChI=1S/C11H17NO/c1-8(2)13-10-5-6-11(12-4)9(3)7-10/h5-8,12H,1-4H3. The van der Waals surface area contributed by atoms with Gasteiger partial charge in [-0.1, -0.05) is 0 Å². The van der Waals surface area contributed by atoms with E-state index in [1.165, 1.54) is 5.56 Å². The van der Waals surface area contributed by atoms with Crippen LogP contribution < -0.4 is 10.1 Å². The summed E-state index contributed by atoms with van der Waals surface area (Å²) in [6, 6.07) is 6.07. The van der Waals surface area contributed by atoms with Crippen LogP contribution in [0.1, 0.15) is 19.4 Å². The van der Waals surface area contributed by atoms with Gasteiger partial charge in [0.1, 0.15) is 5.75 Å². The van der Waals surface area contributed by atoms with Crippen LogP contribution >= 0.6 is 0 Å². The normalized spacial score (nSPS) is 10.2. The average Bonchev–Trinajstić information content (AvgIpc) is 2.03. The third-order valence-corrected chi connectivity index (χ3v) is 1.84. The number of rotatable bonds is 3. The molecule has 0 atom stereocenters. The minimum atomic E-state index is 0.236. The zero-order valence-electron chi connectivity index (χ0n) is 8.72. The fraction of sp³-hybridized carbons (Fsp3) is 0.455. The van der Waals surface area contributed by atoms with Crippen molar-refractivity contribution in [2.45, 2.75) is 26.9 Å². The second-order valence-electron chi connectivity index (χ2n) is 3.39. The van der Waals surface area contributed by atoms with Crippen LogP contribution in [0.2, 0.25) is 0 Å². The lowest BCUT2D eigenvalue weighted by molar-refractivity contribution is 0.242. The molecule has 1 rings (SSSR count). The van der Waals surface area contributed by atoms with E-state index in [9.17, 15) is 0 Å². The van der Waals surface area contributed by atoms with Gasteiger partial charge in [-0.3, -0.25) is 0 Å². The van der Waals surface area contributed by atoms with Crippen molar-refractivity contribution in [3.8, 4) is 5.75 Å². The zero-order chi connectivity index (χ0) is 9.84. The largest absolute Gasteiger partial charge is 0.491 e. The second-order valence-corrected chi connectivity index (χ2v) is 3.39. The number of anilines is 1. The van der Waals surface area contributed by atoms with E-state index in [-0.39, 0.29) is 6.10 Å². The maximum absolute atomic E-state index is 5.57. The highest BCUT2D eigenvalue weighted by atomic mass is 16.5. The van der Waals surface area contributed by atoms with Crippen LogP contribution in [-0.4, -0.2) is 13.2 Å². The van der Waals surface area contributed by atoms with E-state index < -0.39 is 0 Å². The Kier molecular flexibility index (Phi) is 3.18. The maximum Gasteiger partial charge on any atom is 0.120 e. The molecule has 0 spiro atoms. The predicted molar refractivity (Wildman–Crippen MR) is 56.5 cm³/mol. The van der Waals surface area contributed by atoms with Crippen LogP contribution in [0.4, 0.5) is 5.69 Å². The first-order chi connectivity index (χ1) is 6.13. The molecular weight excluding hydrogens is 162 g/mol. The van der Waals surface area contributed by atoms with Crippen LogP contribution in [0.3, 0.4) is 0 Å². The van der Waals surface area contributed by atoms with Gasteiger partial charge in [-0.05, 0) is 44.5 Å². The summed E-state index contributed by atoms with van der Waals surface area (Å²) in [7, 11) is 1.92. The molecule has 0 aromatic heterocycles. The molecule has 0 saturated heterocycles. The Morgan fingerprint density at radius 3 is 2.46 bits per heavy atom. The second kappa shape index (κ2) is 4.17. The Bertz CT molecular complexity index is 281. The van der Waals surface area contributed by atoms with Gasteiger partial charge in [0, 0.05) is 12.7 Å². The molecule has 0 aliphatic rings. The minimum absolute atomic E-state index is 0.236. The van der Waals surface area contributed by atoms with Gasteiger partial charge in [-0.25, -0.2) is 0 Å². The molecule has 1 aromatic carbocycles. The van der Waals surface area contributed by atoms with E-state index >= 15 is 0 Å². The van der Waals surface area contributed by atoms with Crippen molar-refractivity contribution in [1.82, 2.24) is 0 Å². The van der Waals surface area contributed by atoms with E-state index in [4.69, 9.17) is 4.74 Å². The summed E-state index contributed by atoms with van der Waals surface area (Å²) in [5.74, 6) is 0.937. The molecule has 0 aliphatic carbocycles. The number of nitrogens with one attached hydrogen (secondary N) is 1. The van der Waals surface area contributed by atoms with Gasteiger partial charge in [0.15, 0.2) is 0 Å². The third kappa shape index (κ3) is 2.65. The summed E-state index contributed by atoms with van der Waals surface area (Å²) >= 11 is 0. The van der Waals surface area contributed by atoms with Gasteiger partial charge in [0.05, 0.1) is 6.10 Å². The summed E-state index contributed by atoms with van der Waals surface area (Å²) < 4.78 is 5.57. The first kappa shape index (κ1) is 9.90. The summed E-state index contributed by atoms with van der Waals surface area (Å²) in [5.41, 5.74) is 2.36. The highest BCUT2D eigenvalue weighted by Gasteiger charge is 2.00. The molecule has 1 N–H and O–H groups in total. The van der Waals surface area contributed by atoms with Crippen molar-refractivity contribution >= 4 is 5.69 Å². The molecule has 72 valence electrons. The van der Waals surface area contributed by atoms with E-state index in [1.807, 2.05) is 39.1 Å². The Hall–Kier alpha value is -1.18. The lowest BCUT2D eigenvalue weighted by Gasteiger charge is -2.12. The molecule has 2 nitrogen and oxygen atoms in total. The molecule has 13 heavy (non-hydrogen) atoms. The minimum Gasteiger partial charge on any atom is -0.491 e. The Morgan fingerprint density at radius 1 is 1.31 bits per heavy atom. The smallest absolute Gasteiger partial charge is 0.120 e. The molecule has 2 heteroatoms. The van der Waals surface area contributed by atoms with Crippen LogP contribution in [0.15, 0.2) is 18.2 Å². The lowest BCUT2D eigenvalue weighted by Crippen LogP contribution is -2.05. The molecule has 0 bridgehead atoms. The molecule has 1 aromatic rings. The van der Waals surface area contributed by atoms with Crippen molar-refractivity contribution < 1.29 is 4.74 Å². The van der Waals surface area contributed by atoms with Crippen molar-refractivity contribution in [3.63, 3.8) is 0 Å². The molecule has 0 heterocycles. The zero-order valence-corrected chi connectivity index (χ0v) is 8.72. The van der Waals surface area contributed by atoms with Crippen LogP contribution in [-0.2, 0) is 0 Å². The highest BCUT2D eigenvalue weighted by molar-refractivity contribution is 5.53. The molecule has 0 radical (unpaired) electrons. The fourth-order valence-electron chi connectivity index (χ4n) is 1.26. The summed E-state index contributed by atoms with van der Waals surface area (Å²) in [5, 5.41) is 3.12. The van der Waals surface area contributed by atoms with Gasteiger partial charge in [-0.15, -0.1) is 0 Å². The molecule has 0 amide bonds. The summed E-state index contributed by atoms with van der Waals surface area (Å²) in [4.78, 5) is 0. The first-order valence-corrected chi connectivity index (χ1v) is 4.58. The maximum atomic E-state index is 5.57. The van der Waals surface area contributed by atoms with Gasteiger partial charge in [-0.2, -0.15) is 0 Å². The average molecular weight is 179 g/mol. The Labute approximate surface area is 79.9 Å².